The second kappa shape index (κ2) is 4.64. The molecule has 78 valence electrons. The number of anilines is 1. The normalized spacial score (nSPS) is 9.93. The summed E-state index contributed by atoms with van der Waals surface area (Å²) in [5, 5.41) is 9.58. The van der Waals surface area contributed by atoms with Gasteiger partial charge in [0, 0.05) is 19.8 Å². The Labute approximate surface area is 83.5 Å². The van der Waals surface area contributed by atoms with Gasteiger partial charge in [0.25, 0.3) is 0 Å². The standard InChI is InChI=1S/C9H16N4O/c1-4-5-10-9(14)11-8-6-13(3)12-7(8)2/h6H,4-5H2,1-3H3,(H2,10,11,14). The van der Waals surface area contributed by atoms with Gasteiger partial charge < -0.3 is 10.6 Å². The highest BCUT2D eigenvalue weighted by Crippen LogP contribution is 2.10. The van der Waals surface area contributed by atoms with Crippen LogP contribution in [0.4, 0.5) is 10.5 Å². The summed E-state index contributed by atoms with van der Waals surface area (Å²) in [7, 11) is 1.82. The first kappa shape index (κ1) is 10.6. The van der Waals surface area contributed by atoms with Gasteiger partial charge in [-0.3, -0.25) is 4.68 Å². The lowest BCUT2D eigenvalue weighted by Crippen LogP contribution is -2.29. The van der Waals surface area contributed by atoms with Gasteiger partial charge in [-0.1, -0.05) is 6.92 Å². The number of rotatable bonds is 3. The fourth-order valence-corrected chi connectivity index (χ4v) is 1.13. The fraction of sp³-hybridized carbons (Fsp3) is 0.556. The molecular weight excluding hydrogens is 180 g/mol. The van der Waals surface area contributed by atoms with Crippen LogP contribution < -0.4 is 10.6 Å². The largest absolute Gasteiger partial charge is 0.338 e. The van der Waals surface area contributed by atoms with E-state index in [0.717, 1.165) is 17.8 Å². The van der Waals surface area contributed by atoms with Gasteiger partial charge in [-0.15, -0.1) is 0 Å². The summed E-state index contributed by atoms with van der Waals surface area (Å²) in [5.41, 5.74) is 1.57. The van der Waals surface area contributed by atoms with Gasteiger partial charge in [0.05, 0.1) is 11.4 Å². The molecule has 1 aromatic heterocycles. The summed E-state index contributed by atoms with van der Waals surface area (Å²) in [6.07, 6.45) is 2.71. The van der Waals surface area contributed by atoms with Gasteiger partial charge in [-0.2, -0.15) is 5.10 Å². The number of amides is 2. The molecule has 0 bridgehead atoms. The predicted molar refractivity (Wildman–Crippen MR) is 55.3 cm³/mol. The molecule has 1 aromatic rings. The summed E-state index contributed by atoms with van der Waals surface area (Å²) < 4.78 is 1.67. The van der Waals surface area contributed by atoms with Gasteiger partial charge in [0.2, 0.25) is 0 Å². The third-order valence-electron chi connectivity index (χ3n) is 1.80. The number of aryl methyl sites for hydroxylation is 2. The van der Waals surface area contributed by atoms with Crippen molar-refractivity contribution in [1.29, 1.82) is 0 Å². The molecule has 1 rings (SSSR count). The van der Waals surface area contributed by atoms with Crippen molar-refractivity contribution in [1.82, 2.24) is 15.1 Å². The molecule has 2 N–H and O–H groups in total. The average molecular weight is 196 g/mol. The van der Waals surface area contributed by atoms with Crippen LogP contribution >= 0.6 is 0 Å². The molecule has 0 aromatic carbocycles. The Balaban J connectivity index is 2.51. The molecule has 0 fully saturated rings. The van der Waals surface area contributed by atoms with E-state index in [1.54, 1.807) is 10.9 Å². The van der Waals surface area contributed by atoms with Crippen LogP contribution in [-0.2, 0) is 7.05 Å². The molecule has 5 nitrogen and oxygen atoms in total. The molecule has 5 heteroatoms. The summed E-state index contributed by atoms with van der Waals surface area (Å²) in [6, 6.07) is -0.178. The molecule has 0 saturated heterocycles. The molecule has 0 aliphatic rings. The van der Waals surface area contributed by atoms with Crippen LogP contribution in [0.15, 0.2) is 6.20 Å². The van der Waals surface area contributed by atoms with E-state index >= 15 is 0 Å². The van der Waals surface area contributed by atoms with E-state index in [2.05, 4.69) is 15.7 Å². The first-order valence-corrected chi connectivity index (χ1v) is 4.68. The monoisotopic (exact) mass is 196 g/mol. The van der Waals surface area contributed by atoms with E-state index in [4.69, 9.17) is 0 Å². The highest BCUT2D eigenvalue weighted by atomic mass is 16.2. The lowest BCUT2D eigenvalue weighted by Gasteiger charge is -2.04. The maximum Gasteiger partial charge on any atom is 0.319 e. The van der Waals surface area contributed by atoms with Crippen LogP contribution in [0.1, 0.15) is 19.0 Å². The Morgan fingerprint density at radius 2 is 2.36 bits per heavy atom. The van der Waals surface area contributed by atoms with Crippen LogP contribution in [0.5, 0.6) is 0 Å². The molecule has 2 amide bonds. The van der Waals surface area contributed by atoms with Gasteiger partial charge in [-0.05, 0) is 13.3 Å². The zero-order chi connectivity index (χ0) is 10.6. The molecule has 0 radical (unpaired) electrons. The first-order valence-electron chi connectivity index (χ1n) is 4.68. The van der Waals surface area contributed by atoms with Crippen LogP contribution in [0, 0.1) is 6.92 Å². The third-order valence-corrected chi connectivity index (χ3v) is 1.80. The molecule has 0 unspecified atom stereocenters. The second-order valence-corrected chi connectivity index (χ2v) is 3.18. The number of hydrogen-bond acceptors (Lipinski definition) is 2. The molecular formula is C9H16N4O. The Morgan fingerprint density at radius 3 is 2.86 bits per heavy atom. The van der Waals surface area contributed by atoms with Crippen molar-refractivity contribution in [2.45, 2.75) is 20.3 Å². The predicted octanol–water partition coefficient (Wildman–Crippen LogP) is 1.26. The number of nitrogens with one attached hydrogen (secondary N) is 2. The van der Waals surface area contributed by atoms with E-state index in [1.807, 2.05) is 20.9 Å². The van der Waals surface area contributed by atoms with Crippen LogP contribution in [0.3, 0.4) is 0 Å². The van der Waals surface area contributed by atoms with Gasteiger partial charge >= 0.3 is 6.03 Å². The van der Waals surface area contributed by atoms with Gasteiger partial charge in [-0.25, -0.2) is 4.79 Å². The molecule has 14 heavy (non-hydrogen) atoms. The lowest BCUT2D eigenvalue weighted by atomic mass is 10.4. The molecule has 0 spiro atoms. The number of nitrogens with zero attached hydrogens (tertiary/aromatic N) is 2. The van der Waals surface area contributed by atoms with E-state index in [-0.39, 0.29) is 6.03 Å². The minimum absolute atomic E-state index is 0.178. The number of hydrogen-bond donors (Lipinski definition) is 2. The van der Waals surface area contributed by atoms with Crippen molar-refractivity contribution in [2.24, 2.45) is 7.05 Å². The number of urea groups is 1. The van der Waals surface area contributed by atoms with Gasteiger partial charge in [0.1, 0.15) is 0 Å². The van der Waals surface area contributed by atoms with Crippen LogP contribution in [-0.4, -0.2) is 22.4 Å². The topological polar surface area (TPSA) is 59.0 Å². The Morgan fingerprint density at radius 1 is 1.64 bits per heavy atom. The summed E-state index contributed by atoms with van der Waals surface area (Å²) in [4.78, 5) is 11.3. The van der Waals surface area contributed by atoms with Crippen molar-refractivity contribution in [3.8, 4) is 0 Å². The van der Waals surface area contributed by atoms with Crippen molar-refractivity contribution in [3.05, 3.63) is 11.9 Å². The SMILES string of the molecule is CCCNC(=O)Nc1cn(C)nc1C. The van der Waals surface area contributed by atoms with Crippen molar-refractivity contribution in [2.75, 3.05) is 11.9 Å². The van der Waals surface area contributed by atoms with Crippen LogP contribution in [0.25, 0.3) is 0 Å². The molecule has 0 saturated carbocycles. The minimum Gasteiger partial charge on any atom is -0.338 e. The average Bonchev–Trinajstić information content (AvgIpc) is 2.42. The molecule has 0 atom stereocenters. The maximum atomic E-state index is 11.3. The summed E-state index contributed by atoms with van der Waals surface area (Å²) in [6.45, 7) is 4.55. The molecule has 0 aliphatic carbocycles. The smallest absolute Gasteiger partial charge is 0.319 e. The maximum absolute atomic E-state index is 11.3. The number of aromatic nitrogens is 2. The zero-order valence-corrected chi connectivity index (χ0v) is 8.79. The third kappa shape index (κ3) is 2.76. The van der Waals surface area contributed by atoms with E-state index < -0.39 is 0 Å². The summed E-state index contributed by atoms with van der Waals surface area (Å²) >= 11 is 0. The Hall–Kier alpha value is -1.52. The molecule has 0 aliphatic heterocycles. The van der Waals surface area contributed by atoms with E-state index in [1.165, 1.54) is 0 Å². The highest BCUT2D eigenvalue weighted by Gasteiger charge is 2.05. The van der Waals surface area contributed by atoms with E-state index in [0.29, 0.717) is 6.54 Å². The highest BCUT2D eigenvalue weighted by molar-refractivity contribution is 5.89. The quantitative estimate of drug-likeness (QED) is 0.764. The van der Waals surface area contributed by atoms with Crippen molar-refractivity contribution in [3.63, 3.8) is 0 Å². The van der Waals surface area contributed by atoms with Crippen LogP contribution in [0.2, 0.25) is 0 Å². The first-order chi connectivity index (χ1) is 6.63. The minimum atomic E-state index is -0.178. The van der Waals surface area contributed by atoms with Crippen molar-refractivity contribution >= 4 is 11.7 Å². The summed E-state index contributed by atoms with van der Waals surface area (Å²) in [5.74, 6) is 0. The fourth-order valence-electron chi connectivity index (χ4n) is 1.13. The Bertz CT molecular complexity index is 319. The second-order valence-electron chi connectivity index (χ2n) is 3.18. The Kier molecular flexibility index (Phi) is 3.50. The number of carbonyl (C=O) groups is 1. The molecule has 1 heterocycles. The van der Waals surface area contributed by atoms with Crippen molar-refractivity contribution < 1.29 is 4.79 Å². The van der Waals surface area contributed by atoms with E-state index in [9.17, 15) is 4.79 Å². The lowest BCUT2D eigenvalue weighted by molar-refractivity contribution is 0.252. The zero-order valence-electron chi connectivity index (χ0n) is 8.79. The number of carbonyl (C=O) groups excluding carboxylic acids is 1. The van der Waals surface area contributed by atoms with Gasteiger partial charge in [0.15, 0.2) is 0 Å².